The molecular weight excluding hydrogens is 332 g/mol. The highest BCUT2D eigenvalue weighted by Gasteiger charge is 2.11. The van der Waals surface area contributed by atoms with E-state index in [4.69, 9.17) is 0 Å². The molecule has 1 N–H and O–H groups in total. The summed E-state index contributed by atoms with van der Waals surface area (Å²) in [7, 11) is 0. The normalized spacial score (nSPS) is 10.5. The first-order valence-corrected chi connectivity index (χ1v) is 8.27. The third kappa shape index (κ3) is 4.05. The number of amides is 1. The van der Waals surface area contributed by atoms with E-state index in [0.29, 0.717) is 20.6 Å². The molecule has 1 amide bonds. The van der Waals surface area contributed by atoms with Crippen molar-refractivity contribution >= 4 is 34.3 Å². The van der Waals surface area contributed by atoms with Gasteiger partial charge >= 0.3 is 0 Å². The third-order valence-corrected chi connectivity index (χ3v) is 4.54. The maximum Gasteiger partial charge on any atom is 0.257 e. The first kappa shape index (κ1) is 15.4. The molecule has 0 fully saturated rings. The van der Waals surface area contributed by atoms with Gasteiger partial charge in [0.1, 0.15) is 0 Å². The Morgan fingerprint density at radius 1 is 1.22 bits per heavy atom. The second-order valence-electron chi connectivity index (χ2n) is 4.70. The summed E-state index contributed by atoms with van der Waals surface area (Å²) < 4.78 is 4.84. The maximum atomic E-state index is 12.0. The summed E-state index contributed by atoms with van der Waals surface area (Å²) in [6, 6.07) is 10.9. The van der Waals surface area contributed by atoms with E-state index in [9.17, 15) is 10.0 Å². The molecule has 2 heterocycles. The molecule has 0 radical (unpaired) electrons. The molecule has 3 aromatic rings. The molecule has 0 spiro atoms. The Labute approximate surface area is 141 Å². The first-order chi connectivity index (χ1) is 11.1. The summed E-state index contributed by atoms with van der Waals surface area (Å²) in [6.45, 7) is 2.03. The summed E-state index contributed by atoms with van der Waals surface area (Å²) >= 11 is 2.55. The molecule has 0 aliphatic rings. The summed E-state index contributed by atoms with van der Waals surface area (Å²) in [5.41, 5.74) is 1.58. The Morgan fingerprint density at radius 3 is 2.61 bits per heavy atom. The smallest absolute Gasteiger partial charge is 0.257 e. The van der Waals surface area contributed by atoms with Crippen LogP contribution in [0.5, 0.6) is 0 Å². The number of anilines is 1. The van der Waals surface area contributed by atoms with Crippen molar-refractivity contribution < 1.29 is 9.52 Å². The standard InChI is InChI=1S/C15H12N4O2S2/c1-10-2-4-12(5-3-10)22-15-17-14(23-18-15)16-13(20)11-6-8-19(21)9-7-11/h2-9H,1H3,(H,16,17,18,20). The summed E-state index contributed by atoms with van der Waals surface area (Å²) in [5.74, 6) is -0.325. The van der Waals surface area contributed by atoms with E-state index in [1.807, 2.05) is 31.2 Å². The molecule has 23 heavy (non-hydrogen) atoms. The molecule has 3 rings (SSSR count). The number of nitrogens with one attached hydrogen (secondary N) is 1. The number of rotatable bonds is 4. The van der Waals surface area contributed by atoms with Crippen molar-refractivity contribution in [1.29, 1.82) is 0 Å². The predicted molar refractivity (Wildman–Crippen MR) is 88.6 cm³/mol. The highest BCUT2D eigenvalue weighted by atomic mass is 32.2. The molecule has 0 atom stereocenters. The minimum Gasteiger partial charge on any atom is -0.619 e. The molecule has 0 aliphatic carbocycles. The monoisotopic (exact) mass is 344 g/mol. The largest absolute Gasteiger partial charge is 0.619 e. The Morgan fingerprint density at radius 2 is 1.91 bits per heavy atom. The van der Waals surface area contributed by atoms with Crippen molar-refractivity contribution in [2.45, 2.75) is 17.0 Å². The van der Waals surface area contributed by atoms with E-state index >= 15 is 0 Å². The van der Waals surface area contributed by atoms with Crippen molar-refractivity contribution in [2.24, 2.45) is 0 Å². The number of nitrogens with zero attached hydrogens (tertiary/aromatic N) is 3. The van der Waals surface area contributed by atoms with Gasteiger partial charge in [0.25, 0.3) is 5.91 Å². The molecule has 0 unspecified atom stereocenters. The van der Waals surface area contributed by atoms with Gasteiger partial charge in [-0.2, -0.15) is 14.1 Å². The van der Waals surface area contributed by atoms with Crippen LogP contribution >= 0.6 is 23.3 Å². The highest BCUT2D eigenvalue weighted by molar-refractivity contribution is 7.99. The van der Waals surface area contributed by atoms with E-state index < -0.39 is 0 Å². The number of hydrogen-bond acceptors (Lipinski definition) is 6. The Bertz CT molecular complexity index is 816. The van der Waals surface area contributed by atoms with Crippen LogP contribution in [-0.4, -0.2) is 15.3 Å². The zero-order chi connectivity index (χ0) is 16.2. The van der Waals surface area contributed by atoms with E-state index in [2.05, 4.69) is 14.7 Å². The van der Waals surface area contributed by atoms with E-state index in [1.54, 1.807) is 0 Å². The van der Waals surface area contributed by atoms with Crippen LogP contribution in [0.2, 0.25) is 0 Å². The second-order valence-corrected chi connectivity index (χ2v) is 6.49. The van der Waals surface area contributed by atoms with Gasteiger partial charge in [-0.25, -0.2) is 0 Å². The van der Waals surface area contributed by atoms with Crippen LogP contribution in [-0.2, 0) is 0 Å². The fourth-order valence-electron chi connectivity index (χ4n) is 1.75. The van der Waals surface area contributed by atoms with Crippen LogP contribution in [0.1, 0.15) is 15.9 Å². The summed E-state index contributed by atoms with van der Waals surface area (Å²) in [4.78, 5) is 17.4. The Balaban J connectivity index is 1.66. The van der Waals surface area contributed by atoms with E-state index in [0.717, 1.165) is 16.4 Å². The predicted octanol–water partition coefficient (Wildman–Crippen LogP) is 2.88. The van der Waals surface area contributed by atoms with Crippen molar-refractivity contribution in [2.75, 3.05) is 5.32 Å². The lowest BCUT2D eigenvalue weighted by Gasteiger charge is -2.00. The number of aromatic nitrogens is 3. The van der Waals surface area contributed by atoms with Gasteiger partial charge in [-0.3, -0.25) is 10.1 Å². The van der Waals surface area contributed by atoms with Gasteiger partial charge in [-0.1, -0.05) is 17.7 Å². The van der Waals surface area contributed by atoms with Crippen LogP contribution in [0.3, 0.4) is 0 Å². The van der Waals surface area contributed by atoms with Crippen LogP contribution in [0.25, 0.3) is 0 Å². The lowest BCUT2D eigenvalue weighted by Crippen LogP contribution is -2.25. The van der Waals surface area contributed by atoms with Gasteiger partial charge in [0.05, 0.1) is 5.56 Å². The molecule has 8 heteroatoms. The maximum absolute atomic E-state index is 12.0. The quantitative estimate of drug-likeness (QED) is 0.581. The Hall–Kier alpha value is -2.45. The molecule has 1 aromatic carbocycles. The summed E-state index contributed by atoms with van der Waals surface area (Å²) in [5, 5.41) is 14.6. The third-order valence-electron chi connectivity index (χ3n) is 2.92. The van der Waals surface area contributed by atoms with Crippen LogP contribution < -0.4 is 10.0 Å². The number of benzene rings is 1. The second kappa shape index (κ2) is 6.76. The topological polar surface area (TPSA) is 81.8 Å². The highest BCUT2D eigenvalue weighted by Crippen LogP contribution is 2.27. The minimum absolute atomic E-state index is 0.325. The lowest BCUT2D eigenvalue weighted by atomic mass is 10.2. The molecule has 0 bridgehead atoms. The average molecular weight is 344 g/mol. The van der Waals surface area contributed by atoms with Gasteiger partial charge in [0, 0.05) is 28.6 Å². The van der Waals surface area contributed by atoms with Crippen molar-refractivity contribution in [1.82, 2.24) is 9.36 Å². The molecule has 2 aromatic heterocycles. The van der Waals surface area contributed by atoms with Gasteiger partial charge in [0.2, 0.25) is 10.3 Å². The minimum atomic E-state index is -0.325. The number of carbonyl (C=O) groups is 1. The molecule has 0 saturated carbocycles. The fraction of sp³-hybridized carbons (Fsp3) is 0.0667. The van der Waals surface area contributed by atoms with Gasteiger partial charge in [0.15, 0.2) is 12.4 Å². The average Bonchev–Trinajstić information content (AvgIpc) is 2.97. The Kier molecular flexibility index (Phi) is 4.54. The zero-order valence-electron chi connectivity index (χ0n) is 12.1. The van der Waals surface area contributed by atoms with E-state index in [-0.39, 0.29) is 5.91 Å². The fourth-order valence-corrected chi connectivity index (χ4v) is 3.16. The van der Waals surface area contributed by atoms with Crippen LogP contribution in [0, 0.1) is 12.1 Å². The first-order valence-electron chi connectivity index (χ1n) is 6.68. The van der Waals surface area contributed by atoms with Crippen LogP contribution in [0.15, 0.2) is 58.8 Å². The molecule has 0 saturated heterocycles. The zero-order valence-corrected chi connectivity index (χ0v) is 13.7. The van der Waals surface area contributed by atoms with Crippen molar-refractivity contribution in [3.63, 3.8) is 0 Å². The van der Waals surface area contributed by atoms with Crippen LogP contribution in [0.4, 0.5) is 5.13 Å². The molecule has 116 valence electrons. The molecular formula is C15H12N4O2S2. The number of pyridine rings is 1. The molecule has 6 nitrogen and oxygen atoms in total. The summed E-state index contributed by atoms with van der Waals surface area (Å²) in [6.07, 6.45) is 2.54. The number of carbonyl (C=O) groups excluding carboxylic acids is 1. The number of hydrogen-bond donors (Lipinski definition) is 1. The number of aryl methyl sites for hydroxylation is 1. The SMILES string of the molecule is Cc1ccc(Sc2nsc(NC(=O)c3cc[n+]([O-])cc3)n2)cc1. The molecule has 0 aliphatic heterocycles. The lowest BCUT2D eigenvalue weighted by molar-refractivity contribution is -0.605. The van der Waals surface area contributed by atoms with Gasteiger partial charge < -0.3 is 5.21 Å². The van der Waals surface area contributed by atoms with E-state index in [1.165, 1.54) is 41.9 Å². The van der Waals surface area contributed by atoms with Gasteiger partial charge in [-0.15, -0.1) is 0 Å². The van der Waals surface area contributed by atoms with Crippen molar-refractivity contribution in [3.8, 4) is 0 Å². The van der Waals surface area contributed by atoms with Gasteiger partial charge in [-0.05, 0) is 30.8 Å². The van der Waals surface area contributed by atoms with Crippen molar-refractivity contribution in [3.05, 3.63) is 65.1 Å².